The maximum Gasteiger partial charge on any atom is 0.157 e. The maximum atomic E-state index is 9.89. The van der Waals surface area contributed by atoms with Gasteiger partial charge in [0.15, 0.2) is 11.5 Å². The fraction of sp³-hybridized carbons (Fsp3) is 0.143. The molecule has 4 rings (SSSR count). The predicted octanol–water partition coefficient (Wildman–Crippen LogP) is 4.13. The van der Waals surface area contributed by atoms with Crippen LogP contribution >= 0.6 is 0 Å². The number of phenols is 2. The highest BCUT2D eigenvalue weighted by molar-refractivity contribution is 5.51. The number of hydrogen-bond acceptors (Lipinski definition) is 4. The smallest absolute Gasteiger partial charge is 0.157 e. The van der Waals surface area contributed by atoms with E-state index in [1.54, 1.807) is 12.1 Å². The van der Waals surface area contributed by atoms with E-state index in [1.165, 1.54) is 0 Å². The van der Waals surface area contributed by atoms with Crippen LogP contribution in [-0.2, 0) is 6.42 Å². The van der Waals surface area contributed by atoms with Crippen molar-refractivity contribution < 1.29 is 14.9 Å². The largest absolute Gasteiger partial charge is 0.504 e. The van der Waals surface area contributed by atoms with Crippen molar-refractivity contribution in [1.29, 1.82) is 0 Å². The second-order valence-electron chi connectivity index (χ2n) is 6.16. The van der Waals surface area contributed by atoms with Crippen molar-refractivity contribution in [3.8, 4) is 23.0 Å². The molecular formula is C21H19NO3. The standard InChI is InChI=1S/C21H19NO3/c23-19-12-14-9-10-22-21(18(14)13-20(19)24)15-5-4-8-17(11-15)25-16-6-2-1-3-7-16/h1-8,11-13,21-24H,9-10H2. The summed E-state index contributed by atoms with van der Waals surface area (Å²) in [5.41, 5.74) is 3.09. The Kier molecular flexibility index (Phi) is 4.04. The van der Waals surface area contributed by atoms with Crippen LogP contribution in [0.2, 0.25) is 0 Å². The third-order valence-corrected chi connectivity index (χ3v) is 4.46. The second kappa shape index (κ2) is 6.49. The van der Waals surface area contributed by atoms with Crippen molar-refractivity contribution in [2.24, 2.45) is 0 Å². The van der Waals surface area contributed by atoms with E-state index in [2.05, 4.69) is 5.32 Å². The number of rotatable bonds is 3. The molecule has 0 saturated heterocycles. The van der Waals surface area contributed by atoms with Gasteiger partial charge in [-0.15, -0.1) is 0 Å². The molecule has 3 N–H and O–H groups in total. The van der Waals surface area contributed by atoms with Crippen LogP contribution in [-0.4, -0.2) is 16.8 Å². The Morgan fingerprint density at radius 1 is 0.840 bits per heavy atom. The number of ether oxygens (including phenoxy) is 1. The Bertz CT molecular complexity index is 893. The highest BCUT2D eigenvalue weighted by atomic mass is 16.5. The summed E-state index contributed by atoms with van der Waals surface area (Å²) in [6, 6.07) is 20.8. The Morgan fingerprint density at radius 3 is 2.44 bits per heavy atom. The average Bonchev–Trinajstić information content (AvgIpc) is 2.63. The first-order valence-electron chi connectivity index (χ1n) is 8.32. The minimum atomic E-state index is -0.0934. The molecule has 3 aromatic rings. The molecule has 1 aliphatic rings. The van der Waals surface area contributed by atoms with E-state index in [1.807, 2.05) is 54.6 Å². The van der Waals surface area contributed by atoms with E-state index in [0.29, 0.717) is 0 Å². The molecule has 126 valence electrons. The van der Waals surface area contributed by atoms with Crippen LogP contribution in [0.4, 0.5) is 0 Å². The molecule has 1 atom stereocenters. The lowest BCUT2D eigenvalue weighted by atomic mass is 9.89. The number of nitrogens with one attached hydrogen (secondary N) is 1. The van der Waals surface area contributed by atoms with E-state index in [-0.39, 0.29) is 17.5 Å². The van der Waals surface area contributed by atoms with Crippen LogP contribution in [0.5, 0.6) is 23.0 Å². The number of phenolic OH excluding ortho intramolecular Hbond substituents is 2. The summed E-state index contributed by atoms with van der Waals surface area (Å²) >= 11 is 0. The van der Waals surface area contributed by atoms with Gasteiger partial charge in [-0.3, -0.25) is 0 Å². The SMILES string of the molecule is Oc1cc2c(cc1O)C(c1cccc(Oc3ccccc3)c1)NCC2. The molecule has 0 fully saturated rings. The molecule has 0 aromatic heterocycles. The number of aromatic hydroxyl groups is 2. The lowest BCUT2D eigenvalue weighted by molar-refractivity contribution is 0.400. The van der Waals surface area contributed by atoms with Crippen LogP contribution < -0.4 is 10.1 Å². The summed E-state index contributed by atoms with van der Waals surface area (Å²) < 4.78 is 5.92. The maximum absolute atomic E-state index is 9.89. The number of benzene rings is 3. The van der Waals surface area contributed by atoms with E-state index in [9.17, 15) is 10.2 Å². The lowest BCUT2D eigenvalue weighted by Crippen LogP contribution is -2.30. The minimum absolute atomic E-state index is 0.0467. The Balaban J connectivity index is 1.67. The molecule has 25 heavy (non-hydrogen) atoms. The van der Waals surface area contributed by atoms with Crippen LogP contribution in [0.1, 0.15) is 22.7 Å². The van der Waals surface area contributed by atoms with Crippen LogP contribution in [0.3, 0.4) is 0 Å². The predicted molar refractivity (Wildman–Crippen MR) is 96.3 cm³/mol. The highest BCUT2D eigenvalue weighted by Crippen LogP contribution is 2.37. The molecule has 3 aromatic carbocycles. The molecule has 4 heteroatoms. The van der Waals surface area contributed by atoms with Crippen molar-refractivity contribution in [1.82, 2.24) is 5.32 Å². The van der Waals surface area contributed by atoms with Crippen molar-refractivity contribution in [2.45, 2.75) is 12.5 Å². The van der Waals surface area contributed by atoms with Gasteiger partial charge in [0.05, 0.1) is 6.04 Å². The summed E-state index contributed by atoms with van der Waals surface area (Å²) in [7, 11) is 0. The minimum Gasteiger partial charge on any atom is -0.504 e. The van der Waals surface area contributed by atoms with Gasteiger partial charge in [-0.1, -0.05) is 30.3 Å². The van der Waals surface area contributed by atoms with E-state index in [4.69, 9.17) is 4.74 Å². The molecule has 0 spiro atoms. The van der Waals surface area contributed by atoms with E-state index in [0.717, 1.165) is 41.2 Å². The number of hydrogen-bond donors (Lipinski definition) is 3. The molecule has 0 radical (unpaired) electrons. The van der Waals surface area contributed by atoms with E-state index < -0.39 is 0 Å². The lowest BCUT2D eigenvalue weighted by Gasteiger charge is -2.28. The van der Waals surface area contributed by atoms with Crippen LogP contribution in [0.15, 0.2) is 66.7 Å². The third kappa shape index (κ3) is 3.16. The Morgan fingerprint density at radius 2 is 1.60 bits per heavy atom. The van der Waals surface area contributed by atoms with Crippen LogP contribution in [0.25, 0.3) is 0 Å². The normalized spacial score (nSPS) is 16.2. The van der Waals surface area contributed by atoms with Gasteiger partial charge in [0.2, 0.25) is 0 Å². The van der Waals surface area contributed by atoms with E-state index >= 15 is 0 Å². The summed E-state index contributed by atoms with van der Waals surface area (Å²) in [4.78, 5) is 0. The van der Waals surface area contributed by atoms with Gasteiger partial charge in [-0.25, -0.2) is 0 Å². The molecular weight excluding hydrogens is 314 g/mol. The van der Waals surface area contributed by atoms with Gasteiger partial charge >= 0.3 is 0 Å². The molecule has 4 nitrogen and oxygen atoms in total. The number of para-hydroxylation sites is 1. The monoisotopic (exact) mass is 333 g/mol. The molecule has 1 heterocycles. The van der Waals surface area contributed by atoms with Crippen LogP contribution in [0, 0.1) is 0 Å². The second-order valence-corrected chi connectivity index (χ2v) is 6.16. The van der Waals surface area contributed by atoms with Gasteiger partial charge in [-0.05, 0) is 59.5 Å². The molecule has 0 bridgehead atoms. The zero-order valence-corrected chi connectivity index (χ0v) is 13.6. The third-order valence-electron chi connectivity index (χ3n) is 4.46. The molecule has 1 aliphatic heterocycles. The molecule has 1 unspecified atom stereocenters. The molecule has 0 saturated carbocycles. The zero-order chi connectivity index (χ0) is 17.2. The average molecular weight is 333 g/mol. The topological polar surface area (TPSA) is 61.7 Å². The van der Waals surface area contributed by atoms with Crippen molar-refractivity contribution in [2.75, 3.05) is 6.54 Å². The first kappa shape index (κ1) is 15.5. The van der Waals surface area contributed by atoms with Crippen molar-refractivity contribution in [3.05, 3.63) is 83.4 Å². The fourth-order valence-corrected chi connectivity index (χ4v) is 3.26. The van der Waals surface area contributed by atoms with Gasteiger partial charge in [-0.2, -0.15) is 0 Å². The Labute approximate surface area is 146 Å². The Hall–Kier alpha value is -2.98. The van der Waals surface area contributed by atoms with Gasteiger partial charge in [0, 0.05) is 6.54 Å². The summed E-state index contributed by atoms with van der Waals surface area (Å²) in [6.07, 6.45) is 0.819. The molecule has 0 amide bonds. The fourth-order valence-electron chi connectivity index (χ4n) is 3.26. The first-order chi connectivity index (χ1) is 12.2. The number of fused-ring (bicyclic) bond motifs is 1. The quantitative estimate of drug-likeness (QED) is 0.631. The summed E-state index contributed by atoms with van der Waals surface area (Å²) in [5, 5.41) is 23.1. The van der Waals surface area contributed by atoms with Crippen molar-refractivity contribution >= 4 is 0 Å². The molecule has 0 aliphatic carbocycles. The summed E-state index contributed by atoms with van der Waals surface area (Å²) in [5.74, 6) is 1.39. The van der Waals surface area contributed by atoms with Gasteiger partial charge < -0.3 is 20.3 Å². The zero-order valence-electron chi connectivity index (χ0n) is 13.6. The highest BCUT2D eigenvalue weighted by Gasteiger charge is 2.23. The first-order valence-corrected chi connectivity index (χ1v) is 8.32. The van der Waals surface area contributed by atoms with Gasteiger partial charge in [0.25, 0.3) is 0 Å². The van der Waals surface area contributed by atoms with Gasteiger partial charge in [0.1, 0.15) is 11.5 Å². The summed E-state index contributed by atoms with van der Waals surface area (Å²) in [6.45, 7) is 0.811. The van der Waals surface area contributed by atoms with Crippen molar-refractivity contribution in [3.63, 3.8) is 0 Å².